The molecule has 3 aromatic rings. The van der Waals surface area contributed by atoms with E-state index in [-0.39, 0.29) is 47.8 Å². The maximum absolute atomic E-state index is 13.6. The molecule has 0 amide bonds. The number of allylic oxidation sites excluding steroid dienone is 1. The lowest BCUT2D eigenvalue weighted by Gasteiger charge is -2.14. The SMILES string of the molecule is Cc1cc2c(C(F)(F)F)c(C#N)ccc2n1Cc1noc(C2=NCCC(C(F)(F)F)=C2)n1. The van der Waals surface area contributed by atoms with E-state index in [4.69, 9.17) is 9.78 Å². The van der Waals surface area contributed by atoms with Crippen LogP contribution in [0, 0.1) is 18.3 Å². The van der Waals surface area contributed by atoms with Crippen molar-refractivity contribution in [3.8, 4) is 6.07 Å². The number of halogens is 6. The van der Waals surface area contributed by atoms with E-state index in [1.165, 1.54) is 16.7 Å². The molecular formula is C20H13F6N5O. The van der Waals surface area contributed by atoms with Gasteiger partial charge < -0.3 is 9.09 Å². The van der Waals surface area contributed by atoms with Gasteiger partial charge in [-0.3, -0.25) is 4.99 Å². The summed E-state index contributed by atoms with van der Waals surface area (Å²) in [5.41, 5.74) is -1.74. The molecule has 4 rings (SSSR count). The third-order valence-corrected chi connectivity index (χ3v) is 5.02. The van der Waals surface area contributed by atoms with Crippen LogP contribution in [0.15, 0.2) is 39.4 Å². The van der Waals surface area contributed by atoms with Crippen molar-refractivity contribution >= 4 is 16.6 Å². The number of alkyl halides is 6. The Morgan fingerprint density at radius 1 is 1.16 bits per heavy atom. The van der Waals surface area contributed by atoms with Gasteiger partial charge in [0.1, 0.15) is 5.71 Å². The van der Waals surface area contributed by atoms with Gasteiger partial charge in [-0.25, -0.2) is 0 Å². The van der Waals surface area contributed by atoms with E-state index in [0.717, 1.165) is 12.1 Å². The first-order valence-corrected chi connectivity index (χ1v) is 9.24. The van der Waals surface area contributed by atoms with E-state index in [9.17, 15) is 26.3 Å². The second-order valence-electron chi connectivity index (χ2n) is 7.10. The lowest BCUT2D eigenvalue weighted by molar-refractivity contribution is -0.136. The average molecular weight is 453 g/mol. The molecule has 0 fully saturated rings. The predicted molar refractivity (Wildman–Crippen MR) is 100.0 cm³/mol. The van der Waals surface area contributed by atoms with Crippen LogP contribution in [0.1, 0.15) is 35.0 Å². The Kier molecular flexibility index (Phi) is 5.07. The van der Waals surface area contributed by atoms with Crippen LogP contribution in [0.2, 0.25) is 0 Å². The normalized spacial score (nSPS) is 14.9. The minimum absolute atomic E-state index is 0.0498. The molecule has 0 saturated heterocycles. The van der Waals surface area contributed by atoms with Crippen LogP contribution < -0.4 is 0 Å². The van der Waals surface area contributed by atoms with Gasteiger partial charge in [0.2, 0.25) is 0 Å². The molecule has 1 aromatic carbocycles. The summed E-state index contributed by atoms with van der Waals surface area (Å²) in [6.45, 7) is 1.41. The van der Waals surface area contributed by atoms with Gasteiger partial charge in [0.05, 0.1) is 23.7 Å². The summed E-state index contributed by atoms with van der Waals surface area (Å²) in [4.78, 5) is 8.04. The Morgan fingerprint density at radius 3 is 2.56 bits per heavy atom. The molecule has 1 aliphatic rings. The number of dihydropyridines is 1. The third kappa shape index (κ3) is 3.86. The molecular weight excluding hydrogens is 440 g/mol. The fourth-order valence-electron chi connectivity index (χ4n) is 3.57. The van der Waals surface area contributed by atoms with Crippen LogP contribution in [0.5, 0.6) is 0 Å². The minimum Gasteiger partial charge on any atom is -0.337 e. The first kappa shape index (κ1) is 21.6. The summed E-state index contributed by atoms with van der Waals surface area (Å²) in [7, 11) is 0. The molecule has 0 aliphatic carbocycles. The molecule has 3 heterocycles. The zero-order valence-electron chi connectivity index (χ0n) is 16.3. The molecule has 0 bridgehead atoms. The number of aryl methyl sites for hydroxylation is 1. The zero-order valence-corrected chi connectivity index (χ0v) is 16.3. The number of benzene rings is 1. The maximum Gasteiger partial charge on any atom is 0.418 e. The Bertz CT molecular complexity index is 1300. The third-order valence-electron chi connectivity index (χ3n) is 5.02. The second-order valence-corrected chi connectivity index (χ2v) is 7.10. The largest absolute Gasteiger partial charge is 0.418 e. The number of nitrogens with zero attached hydrogens (tertiary/aromatic N) is 5. The zero-order chi connectivity index (χ0) is 23.3. The van der Waals surface area contributed by atoms with E-state index < -0.39 is 29.1 Å². The van der Waals surface area contributed by atoms with Gasteiger partial charge in [0, 0.05) is 28.7 Å². The molecule has 12 heteroatoms. The number of aromatic nitrogens is 3. The smallest absolute Gasteiger partial charge is 0.337 e. The molecule has 166 valence electrons. The molecule has 0 radical (unpaired) electrons. The van der Waals surface area contributed by atoms with Crippen molar-refractivity contribution in [1.29, 1.82) is 5.26 Å². The maximum atomic E-state index is 13.6. The van der Waals surface area contributed by atoms with Crippen LogP contribution in [0.3, 0.4) is 0 Å². The van der Waals surface area contributed by atoms with Gasteiger partial charge in [-0.2, -0.15) is 36.6 Å². The molecule has 0 atom stereocenters. The summed E-state index contributed by atoms with van der Waals surface area (Å²) in [5.74, 6) is -0.160. The number of fused-ring (bicyclic) bond motifs is 1. The highest BCUT2D eigenvalue weighted by atomic mass is 19.4. The minimum atomic E-state index is -4.73. The van der Waals surface area contributed by atoms with Crippen LogP contribution in [-0.2, 0) is 12.7 Å². The van der Waals surface area contributed by atoms with Gasteiger partial charge >= 0.3 is 12.4 Å². The number of hydrogen-bond acceptors (Lipinski definition) is 5. The highest BCUT2D eigenvalue weighted by Gasteiger charge is 2.37. The fourth-order valence-corrected chi connectivity index (χ4v) is 3.57. The van der Waals surface area contributed by atoms with Crippen LogP contribution in [0.25, 0.3) is 10.9 Å². The van der Waals surface area contributed by atoms with Crippen LogP contribution in [0.4, 0.5) is 26.3 Å². The summed E-state index contributed by atoms with van der Waals surface area (Å²) in [6, 6.07) is 5.34. The van der Waals surface area contributed by atoms with Crippen molar-refractivity contribution in [2.75, 3.05) is 6.54 Å². The Morgan fingerprint density at radius 2 is 1.91 bits per heavy atom. The van der Waals surface area contributed by atoms with Crippen molar-refractivity contribution in [3.63, 3.8) is 0 Å². The number of aliphatic imine (C=N–C) groups is 1. The standard InChI is InChI=1S/C20H13F6N5O/c1-10-6-13-15(3-2-11(8-27)17(13)20(24,25)26)31(10)9-16-29-18(32-30-16)14-7-12(4-5-28-14)19(21,22)23/h2-3,6-7H,4-5,9H2,1H3. The quantitative estimate of drug-likeness (QED) is 0.526. The molecule has 0 unspecified atom stereocenters. The molecule has 32 heavy (non-hydrogen) atoms. The predicted octanol–water partition coefficient (Wildman–Crippen LogP) is 4.95. The topological polar surface area (TPSA) is 80.0 Å². The molecule has 0 spiro atoms. The fraction of sp³-hybridized carbons (Fsp3) is 0.300. The summed E-state index contributed by atoms with van der Waals surface area (Å²) < 4.78 is 86.1. The summed E-state index contributed by atoms with van der Waals surface area (Å²) in [5, 5.41) is 12.7. The Balaban J connectivity index is 1.70. The van der Waals surface area contributed by atoms with Crippen LogP contribution >= 0.6 is 0 Å². The van der Waals surface area contributed by atoms with E-state index in [1.54, 1.807) is 13.0 Å². The van der Waals surface area contributed by atoms with Crippen molar-refractivity contribution in [2.45, 2.75) is 32.2 Å². The lowest BCUT2D eigenvalue weighted by atomic mass is 10.0. The molecule has 0 N–H and O–H groups in total. The summed E-state index contributed by atoms with van der Waals surface area (Å²) >= 11 is 0. The van der Waals surface area contributed by atoms with E-state index >= 15 is 0 Å². The number of rotatable bonds is 3. The average Bonchev–Trinajstić information content (AvgIpc) is 3.31. The monoisotopic (exact) mass is 453 g/mol. The molecule has 6 nitrogen and oxygen atoms in total. The summed E-state index contributed by atoms with van der Waals surface area (Å²) in [6.07, 6.45) is -8.64. The first-order chi connectivity index (χ1) is 15.0. The Labute approximate surface area is 176 Å². The van der Waals surface area contributed by atoms with E-state index in [0.29, 0.717) is 5.69 Å². The van der Waals surface area contributed by atoms with Crippen molar-refractivity contribution in [3.05, 3.63) is 58.4 Å². The van der Waals surface area contributed by atoms with Crippen molar-refractivity contribution < 1.29 is 30.9 Å². The van der Waals surface area contributed by atoms with Gasteiger partial charge in [-0.15, -0.1) is 0 Å². The van der Waals surface area contributed by atoms with Crippen molar-refractivity contribution in [2.24, 2.45) is 4.99 Å². The first-order valence-electron chi connectivity index (χ1n) is 9.24. The van der Waals surface area contributed by atoms with Crippen LogP contribution in [-0.4, -0.2) is 33.1 Å². The Hall–Kier alpha value is -3.62. The van der Waals surface area contributed by atoms with E-state index in [1.807, 2.05) is 0 Å². The highest BCUT2D eigenvalue weighted by molar-refractivity contribution is 6.06. The van der Waals surface area contributed by atoms with Gasteiger partial charge in [0.25, 0.3) is 5.89 Å². The lowest BCUT2D eigenvalue weighted by Crippen LogP contribution is -2.18. The number of nitriles is 1. The van der Waals surface area contributed by atoms with Gasteiger partial charge in [-0.1, -0.05) is 5.16 Å². The molecule has 0 saturated carbocycles. The van der Waals surface area contributed by atoms with Crippen molar-refractivity contribution in [1.82, 2.24) is 14.7 Å². The van der Waals surface area contributed by atoms with Gasteiger partial charge in [0.15, 0.2) is 5.82 Å². The van der Waals surface area contributed by atoms with E-state index in [2.05, 4.69) is 15.1 Å². The second kappa shape index (κ2) is 7.51. The number of hydrogen-bond donors (Lipinski definition) is 0. The molecule has 2 aromatic heterocycles. The van der Waals surface area contributed by atoms with Gasteiger partial charge in [-0.05, 0) is 37.6 Å². The molecule has 1 aliphatic heterocycles. The highest BCUT2D eigenvalue weighted by Crippen LogP contribution is 2.38.